The number of fused-ring (bicyclic) bond motifs is 1. The van der Waals surface area contributed by atoms with E-state index in [0.29, 0.717) is 22.6 Å². The normalized spacial score (nSPS) is 16.1. The third-order valence-electron chi connectivity index (χ3n) is 5.49. The van der Waals surface area contributed by atoms with Crippen molar-refractivity contribution in [2.24, 2.45) is 0 Å². The maximum Gasteiger partial charge on any atom is 0.256 e. The summed E-state index contributed by atoms with van der Waals surface area (Å²) >= 11 is 6.49. The molecule has 150 valence electrons. The van der Waals surface area contributed by atoms with Crippen LogP contribution in [0, 0.1) is 0 Å². The van der Waals surface area contributed by atoms with E-state index < -0.39 is 0 Å². The summed E-state index contributed by atoms with van der Waals surface area (Å²) in [5, 5.41) is 7.66. The molecule has 1 aliphatic rings. The zero-order chi connectivity index (χ0) is 20.5. The molecule has 1 saturated heterocycles. The van der Waals surface area contributed by atoms with Crippen molar-refractivity contribution in [2.45, 2.75) is 12.5 Å². The van der Waals surface area contributed by atoms with Gasteiger partial charge in [-0.15, -0.1) is 0 Å². The minimum Gasteiger partial charge on any atom is -0.342 e. The number of amides is 1. The van der Waals surface area contributed by atoms with Gasteiger partial charge in [0.25, 0.3) is 5.91 Å². The summed E-state index contributed by atoms with van der Waals surface area (Å²) in [6, 6.07) is 15.3. The lowest BCUT2D eigenvalue weighted by Gasteiger charge is -2.12. The molecule has 0 aliphatic carbocycles. The summed E-state index contributed by atoms with van der Waals surface area (Å²) in [5.74, 6) is 0.331. The first-order chi connectivity index (χ1) is 14.7. The molecular formula is C23H20ClN5O. The third-order valence-corrected chi connectivity index (χ3v) is 5.78. The Morgan fingerprint density at radius 3 is 2.70 bits per heavy atom. The highest BCUT2D eigenvalue weighted by molar-refractivity contribution is 6.35. The van der Waals surface area contributed by atoms with Crippen molar-refractivity contribution < 1.29 is 4.79 Å². The van der Waals surface area contributed by atoms with E-state index in [9.17, 15) is 4.79 Å². The summed E-state index contributed by atoms with van der Waals surface area (Å²) in [6.07, 6.45) is 6.62. The molecule has 0 saturated carbocycles. The van der Waals surface area contributed by atoms with E-state index >= 15 is 0 Å². The lowest BCUT2D eigenvalue weighted by Crippen LogP contribution is -2.12. The van der Waals surface area contributed by atoms with Crippen LogP contribution >= 0.6 is 11.6 Å². The lowest BCUT2D eigenvalue weighted by atomic mass is 10.0. The maximum absolute atomic E-state index is 12.5. The molecule has 0 radical (unpaired) electrons. The van der Waals surface area contributed by atoms with E-state index in [4.69, 9.17) is 11.6 Å². The quantitative estimate of drug-likeness (QED) is 0.478. The average Bonchev–Trinajstić information content (AvgIpc) is 3.43. The fourth-order valence-electron chi connectivity index (χ4n) is 3.99. The summed E-state index contributed by atoms with van der Waals surface area (Å²) in [5.41, 5.74) is 3.66. The second-order valence-electron chi connectivity index (χ2n) is 7.34. The van der Waals surface area contributed by atoms with Crippen LogP contribution in [0.5, 0.6) is 0 Å². The zero-order valence-corrected chi connectivity index (χ0v) is 16.9. The average molecular weight is 418 g/mol. The Morgan fingerprint density at radius 1 is 1.10 bits per heavy atom. The molecule has 2 N–H and O–H groups in total. The predicted molar refractivity (Wildman–Crippen MR) is 119 cm³/mol. The highest BCUT2D eigenvalue weighted by Crippen LogP contribution is 2.37. The molecule has 1 aromatic carbocycles. The highest BCUT2D eigenvalue weighted by Gasteiger charge is 2.22. The van der Waals surface area contributed by atoms with Crippen LogP contribution in [-0.2, 0) is 0 Å². The van der Waals surface area contributed by atoms with Gasteiger partial charge in [-0.1, -0.05) is 29.8 Å². The Hall–Kier alpha value is -3.22. The first-order valence-corrected chi connectivity index (χ1v) is 10.3. The van der Waals surface area contributed by atoms with Gasteiger partial charge in [-0.05, 0) is 48.9 Å². The van der Waals surface area contributed by atoms with E-state index in [1.165, 1.54) is 0 Å². The van der Waals surface area contributed by atoms with Gasteiger partial charge in [0.05, 0.1) is 5.52 Å². The van der Waals surface area contributed by atoms with Crippen molar-refractivity contribution in [1.82, 2.24) is 19.9 Å². The van der Waals surface area contributed by atoms with Crippen molar-refractivity contribution in [3.8, 4) is 11.1 Å². The van der Waals surface area contributed by atoms with Gasteiger partial charge in [-0.25, -0.2) is 9.97 Å². The fourth-order valence-corrected chi connectivity index (χ4v) is 4.24. The molecule has 1 unspecified atom stereocenters. The standard InChI is InChI=1S/C23H20ClN5O/c24-22-21-18(14-29(17-8-11-25-13-17)19(21)9-12-27-22)15-4-6-16(7-5-15)23(30)28-20-3-1-2-10-26-20/h1-7,9-10,12,14,17,25H,8,11,13H2,(H,26,28,30). The van der Waals surface area contributed by atoms with Crippen molar-refractivity contribution in [2.75, 3.05) is 18.4 Å². The van der Waals surface area contributed by atoms with Crippen molar-refractivity contribution in [3.63, 3.8) is 0 Å². The number of nitrogens with zero attached hydrogens (tertiary/aromatic N) is 3. The van der Waals surface area contributed by atoms with E-state index in [2.05, 4.69) is 31.4 Å². The molecule has 7 heteroatoms. The van der Waals surface area contributed by atoms with Gasteiger partial charge in [0, 0.05) is 47.7 Å². The predicted octanol–water partition coefficient (Wildman–Crippen LogP) is 4.54. The van der Waals surface area contributed by atoms with E-state index in [1.54, 1.807) is 18.5 Å². The molecule has 1 aliphatic heterocycles. The molecule has 3 aromatic heterocycles. The number of carbonyl (C=O) groups is 1. The highest BCUT2D eigenvalue weighted by atomic mass is 35.5. The number of rotatable bonds is 4. The Bertz CT molecular complexity index is 1200. The van der Waals surface area contributed by atoms with Crippen LogP contribution in [0.15, 0.2) is 67.1 Å². The van der Waals surface area contributed by atoms with E-state index in [0.717, 1.165) is 41.5 Å². The van der Waals surface area contributed by atoms with Crippen molar-refractivity contribution in [1.29, 1.82) is 0 Å². The molecule has 1 amide bonds. The molecule has 30 heavy (non-hydrogen) atoms. The number of carbonyl (C=O) groups excluding carboxylic acids is 1. The largest absolute Gasteiger partial charge is 0.342 e. The fraction of sp³-hybridized carbons (Fsp3) is 0.174. The van der Waals surface area contributed by atoms with Crippen LogP contribution in [0.1, 0.15) is 22.8 Å². The van der Waals surface area contributed by atoms with Gasteiger partial charge >= 0.3 is 0 Å². The number of anilines is 1. The van der Waals surface area contributed by atoms with Crippen LogP contribution in [-0.4, -0.2) is 33.5 Å². The minimum absolute atomic E-state index is 0.195. The Labute approximate surface area is 178 Å². The molecule has 0 spiro atoms. The number of benzene rings is 1. The maximum atomic E-state index is 12.5. The molecule has 5 rings (SSSR count). The van der Waals surface area contributed by atoms with Crippen LogP contribution in [0.25, 0.3) is 22.0 Å². The lowest BCUT2D eigenvalue weighted by molar-refractivity contribution is 0.102. The number of hydrogen-bond donors (Lipinski definition) is 2. The first-order valence-electron chi connectivity index (χ1n) is 9.89. The summed E-state index contributed by atoms with van der Waals surface area (Å²) < 4.78 is 2.29. The Morgan fingerprint density at radius 2 is 1.97 bits per heavy atom. The number of nitrogens with one attached hydrogen (secondary N) is 2. The van der Waals surface area contributed by atoms with Crippen LogP contribution in [0.2, 0.25) is 5.15 Å². The molecule has 1 atom stereocenters. The van der Waals surface area contributed by atoms with E-state index in [1.807, 2.05) is 42.5 Å². The minimum atomic E-state index is -0.195. The van der Waals surface area contributed by atoms with Gasteiger partial charge in [0.15, 0.2) is 0 Å². The number of hydrogen-bond acceptors (Lipinski definition) is 4. The molecule has 6 nitrogen and oxygen atoms in total. The molecule has 1 fully saturated rings. The third kappa shape index (κ3) is 3.44. The summed E-state index contributed by atoms with van der Waals surface area (Å²) in [7, 11) is 0. The summed E-state index contributed by atoms with van der Waals surface area (Å²) in [6.45, 7) is 1.95. The van der Waals surface area contributed by atoms with Gasteiger partial charge < -0.3 is 15.2 Å². The second kappa shape index (κ2) is 7.89. The zero-order valence-electron chi connectivity index (χ0n) is 16.2. The summed E-state index contributed by atoms with van der Waals surface area (Å²) in [4.78, 5) is 20.9. The van der Waals surface area contributed by atoms with Crippen LogP contribution in [0.4, 0.5) is 5.82 Å². The molecule has 0 bridgehead atoms. The van der Waals surface area contributed by atoms with Gasteiger partial charge in [-0.3, -0.25) is 4.79 Å². The van der Waals surface area contributed by atoms with Crippen LogP contribution in [0.3, 0.4) is 0 Å². The smallest absolute Gasteiger partial charge is 0.256 e. The molecular weight excluding hydrogens is 398 g/mol. The SMILES string of the molecule is O=C(Nc1ccccn1)c1ccc(-c2cn(C3CCNC3)c3ccnc(Cl)c23)cc1. The first kappa shape index (κ1) is 18.8. The van der Waals surface area contributed by atoms with Gasteiger partial charge in [0.2, 0.25) is 0 Å². The second-order valence-corrected chi connectivity index (χ2v) is 7.70. The number of pyridine rings is 2. The monoisotopic (exact) mass is 417 g/mol. The molecule has 4 heterocycles. The number of halogens is 1. The Balaban J connectivity index is 1.49. The van der Waals surface area contributed by atoms with E-state index in [-0.39, 0.29) is 5.91 Å². The van der Waals surface area contributed by atoms with Gasteiger partial charge in [-0.2, -0.15) is 0 Å². The van der Waals surface area contributed by atoms with Gasteiger partial charge in [0.1, 0.15) is 11.0 Å². The Kier molecular flexibility index (Phi) is 4.94. The topological polar surface area (TPSA) is 71.8 Å². The van der Waals surface area contributed by atoms with Crippen molar-refractivity contribution >= 4 is 34.2 Å². The molecule has 4 aromatic rings. The van der Waals surface area contributed by atoms with Crippen LogP contribution < -0.4 is 10.6 Å². The van der Waals surface area contributed by atoms with Crippen molar-refractivity contribution in [3.05, 3.63) is 77.8 Å². The number of aromatic nitrogens is 3.